The number of aryl methyl sites for hydroxylation is 2. The zero-order valence-corrected chi connectivity index (χ0v) is 18.0. The Balaban J connectivity index is 1.54. The van der Waals surface area contributed by atoms with E-state index in [2.05, 4.69) is 10.3 Å². The first-order valence-corrected chi connectivity index (χ1v) is 11.1. The smallest absolute Gasteiger partial charge is 0.185 e. The van der Waals surface area contributed by atoms with Crippen LogP contribution in [0.15, 0.2) is 54.6 Å². The maximum absolute atomic E-state index is 11.1. The van der Waals surface area contributed by atoms with Gasteiger partial charge in [-0.25, -0.2) is 15.0 Å². The molecule has 156 valence electrons. The minimum absolute atomic E-state index is 0.0677. The number of rotatable bonds is 4. The molecular formula is C24H23N5OS. The summed E-state index contributed by atoms with van der Waals surface area (Å²) in [6, 6.07) is 18.0. The summed E-state index contributed by atoms with van der Waals surface area (Å²) < 4.78 is 0. The van der Waals surface area contributed by atoms with Gasteiger partial charge in [0.15, 0.2) is 22.5 Å². The zero-order valence-electron chi connectivity index (χ0n) is 17.2. The summed E-state index contributed by atoms with van der Waals surface area (Å²) in [5.41, 5.74) is 10.4. The molecule has 31 heavy (non-hydrogen) atoms. The van der Waals surface area contributed by atoms with Gasteiger partial charge in [0.25, 0.3) is 0 Å². The lowest BCUT2D eigenvalue weighted by molar-refractivity contribution is 0.472. The van der Waals surface area contributed by atoms with Crippen molar-refractivity contribution in [2.24, 2.45) is 0 Å². The molecule has 1 unspecified atom stereocenters. The first-order valence-electron chi connectivity index (χ1n) is 10.3. The molecule has 0 aliphatic heterocycles. The molecule has 0 bridgehead atoms. The number of nitrogens with two attached hydrogens (primary N) is 1. The van der Waals surface area contributed by atoms with Gasteiger partial charge in [0.1, 0.15) is 5.69 Å². The van der Waals surface area contributed by atoms with Gasteiger partial charge in [-0.05, 0) is 19.8 Å². The van der Waals surface area contributed by atoms with E-state index in [0.29, 0.717) is 22.5 Å². The normalized spacial score (nSPS) is 15.5. The number of hydrogen-bond acceptors (Lipinski definition) is 7. The van der Waals surface area contributed by atoms with Gasteiger partial charge in [-0.15, -0.1) is 11.3 Å². The largest absolute Gasteiger partial charge is 0.503 e. The van der Waals surface area contributed by atoms with Crippen LogP contribution >= 0.6 is 11.3 Å². The minimum Gasteiger partial charge on any atom is -0.503 e. The predicted molar refractivity (Wildman–Crippen MR) is 125 cm³/mol. The molecule has 0 saturated heterocycles. The molecule has 4 aromatic rings. The first kappa shape index (κ1) is 19.5. The number of benzene rings is 2. The second-order valence-electron chi connectivity index (χ2n) is 7.83. The number of nitrogens with one attached hydrogen (secondary N) is 1. The third-order valence-electron chi connectivity index (χ3n) is 5.54. The van der Waals surface area contributed by atoms with Crippen LogP contribution in [0.3, 0.4) is 0 Å². The zero-order chi connectivity index (χ0) is 21.4. The quantitative estimate of drug-likeness (QED) is 0.430. The highest BCUT2D eigenvalue weighted by atomic mass is 32.1. The molecule has 7 heteroatoms. The molecule has 5 rings (SSSR count). The summed E-state index contributed by atoms with van der Waals surface area (Å²) in [5, 5.41) is 15.2. The monoisotopic (exact) mass is 429 g/mol. The van der Waals surface area contributed by atoms with Gasteiger partial charge < -0.3 is 16.2 Å². The third-order valence-corrected chi connectivity index (χ3v) is 6.49. The molecule has 0 fully saturated rings. The Morgan fingerprint density at radius 3 is 2.55 bits per heavy atom. The van der Waals surface area contributed by atoms with Gasteiger partial charge in [0.2, 0.25) is 0 Å². The van der Waals surface area contributed by atoms with E-state index in [1.54, 1.807) is 11.3 Å². The topological polar surface area (TPSA) is 97.0 Å². The molecule has 1 aliphatic carbocycles. The van der Waals surface area contributed by atoms with Crippen molar-refractivity contribution in [3.63, 3.8) is 0 Å². The Morgan fingerprint density at radius 2 is 1.77 bits per heavy atom. The summed E-state index contributed by atoms with van der Waals surface area (Å²) in [5.74, 6) is 1.10. The van der Waals surface area contributed by atoms with Crippen molar-refractivity contribution in [2.45, 2.75) is 32.2 Å². The van der Waals surface area contributed by atoms with Crippen LogP contribution in [-0.4, -0.2) is 26.1 Å². The maximum Gasteiger partial charge on any atom is 0.185 e. The fourth-order valence-electron chi connectivity index (χ4n) is 3.90. The Bertz CT molecular complexity index is 1220. The number of aromatic nitrogens is 3. The average molecular weight is 430 g/mol. The minimum atomic E-state index is 0.0677. The van der Waals surface area contributed by atoms with E-state index in [9.17, 15) is 5.11 Å². The summed E-state index contributed by atoms with van der Waals surface area (Å²) in [6.07, 6.45) is 2.58. The van der Waals surface area contributed by atoms with Crippen molar-refractivity contribution in [3.05, 3.63) is 70.7 Å². The number of nitrogen functional groups attached to an aromatic ring is 1. The molecule has 0 amide bonds. The summed E-state index contributed by atoms with van der Waals surface area (Å²) in [7, 11) is 0. The van der Waals surface area contributed by atoms with Gasteiger partial charge >= 0.3 is 0 Å². The van der Waals surface area contributed by atoms with Crippen molar-refractivity contribution in [3.8, 4) is 28.4 Å². The molecule has 0 spiro atoms. The van der Waals surface area contributed by atoms with Gasteiger partial charge in [0, 0.05) is 28.5 Å². The number of aromatic hydroxyl groups is 1. The van der Waals surface area contributed by atoms with Crippen LogP contribution in [0, 0.1) is 6.92 Å². The highest BCUT2D eigenvalue weighted by Crippen LogP contribution is 2.37. The van der Waals surface area contributed by atoms with Crippen LogP contribution in [0.1, 0.15) is 22.6 Å². The molecule has 0 saturated carbocycles. The number of thiazole rings is 1. The Morgan fingerprint density at radius 1 is 1.00 bits per heavy atom. The maximum atomic E-state index is 11.1. The molecule has 2 aromatic heterocycles. The molecule has 1 aliphatic rings. The molecule has 1 atom stereocenters. The first-order chi connectivity index (χ1) is 15.1. The number of hydrogen-bond donors (Lipinski definition) is 3. The number of fused-ring (bicyclic) bond motifs is 1. The number of anilines is 2. The molecule has 2 aromatic carbocycles. The SMILES string of the molecule is Cc1ccc(-c2nc(-c3ccccc3)nc(NC3CCc4nc(N)sc4C3)c2O)cc1. The van der Waals surface area contributed by atoms with Gasteiger partial charge in [-0.2, -0.15) is 0 Å². The van der Waals surface area contributed by atoms with Crippen molar-refractivity contribution >= 4 is 22.3 Å². The number of nitrogens with zero attached hydrogens (tertiary/aromatic N) is 3. The fraction of sp³-hybridized carbons (Fsp3) is 0.208. The van der Waals surface area contributed by atoms with E-state index < -0.39 is 0 Å². The Hall–Kier alpha value is -3.45. The fourth-order valence-corrected chi connectivity index (χ4v) is 4.85. The van der Waals surface area contributed by atoms with E-state index in [0.717, 1.165) is 41.6 Å². The standard InChI is InChI=1S/C24H23N5OS/c1-14-7-9-15(10-8-14)20-21(30)23(29-22(28-20)16-5-3-2-4-6-16)26-17-11-12-18-19(13-17)31-24(25)27-18/h2-10,17,30H,11-13H2,1H3,(H2,25,27)(H,26,28,29). The van der Waals surface area contributed by atoms with Crippen molar-refractivity contribution in [1.82, 2.24) is 15.0 Å². The van der Waals surface area contributed by atoms with Crippen LogP contribution in [-0.2, 0) is 12.8 Å². The van der Waals surface area contributed by atoms with E-state index in [-0.39, 0.29) is 11.8 Å². The molecule has 6 nitrogen and oxygen atoms in total. The predicted octanol–water partition coefficient (Wildman–Crippen LogP) is 4.83. The lowest BCUT2D eigenvalue weighted by Gasteiger charge is -2.24. The van der Waals surface area contributed by atoms with Gasteiger partial charge in [0.05, 0.1) is 5.69 Å². The van der Waals surface area contributed by atoms with Crippen molar-refractivity contribution < 1.29 is 5.11 Å². The van der Waals surface area contributed by atoms with Crippen molar-refractivity contribution in [2.75, 3.05) is 11.1 Å². The highest BCUT2D eigenvalue weighted by molar-refractivity contribution is 7.15. The molecule has 2 heterocycles. The second-order valence-corrected chi connectivity index (χ2v) is 8.95. The molecular weight excluding hydrogens is 406 g/mol. The third kappa shape index (κ3) is 3.96. The molecule has 4 N–H and O–H groups in total. The van der Waals surface area contributed by atoms with Crippen LogP contribution in [0.2, 0.25) is 0 Å². The summed E-state index contributed by atoms with van der Waals surface area (Å²) in [6.45, 7) is 2.04. The Kier molecular flexibility index (Phi) is 5.03. The van der Waals surface area contributed by atoms with Gasteiger partial charge in [-0.3, -0.25) is 0 Å². The summed E-state index contributed by atoms with van der Waals surface area (Å²) >= 11 is 1.54. The van der Waals surface area contributed by atoms with Crippen LogP contribution < -0.4 is 11.1 Å². The van der Waals surface area contributed by atoms with Gasteiger partial charge in [-0.1, -0.05) is 60.2 Å². The lowest BCUT2D eigenvalue weighted by Crippen LogP contribution is -2.27. The van der Waals surface area contributed by atoms with Crippen LogP contribution in [0.4, 0.5) is 10.9 Å². The van der Waals surface area contributed by atoms with E-state index >= 15 is 0 Å². The van der Waals surface area contributed by atoms with Crippen LogP contribution in [0.25, 0.3) is 22.6 Å². The lowest BCUT2D eigenvalue weighted by atomic mass is 9.97. The van der Waals surface area contributed by atoms with E-state index in [1.165, 1.54) is 4.88 Å². The summed E-state index contributed by atoms with van der Waals surface area (Å²) in [4.78, 5) is 15.0. The highest BCUT2D eigenvalue weighted by Gasteiger charge is 2.25. The molecule has 0 radical (unpaired) electrons. The average Bonchev–Trinajstić information content (AvgIpc) is 3.16. The second kappa shape index (κ2) is 8.00. The Labute approximate surface area is 184 Å². The van der Waals surface area contributed by atoms with Crippen molar-refractivity contribution in [1.29, 1.82) is 0 Å². The van der Waals surface area contributed by atoms with E-state index in [4.69, 9.17) is 15.7 Å². The van der Waals surface area contributed by atoms with E-state index in [1.807, 2.05) is 61.5 Å². The van der Waals surface area contributed by atoms with Crippen LogP contribution in [0.5, 0.6) is 5.75 Å².